The van der Waals surface area contributed by atoms with E-state index < -0.39 is 0 Å². The Balaban J connectivity index is 2.41. The first kappa shape index (κ1) is 17.0. The minimum atomic E-state index is 0.219. The molecule has 0 amide bonds. The van der Waals surface area contributed by atoms with Crippen molar-refractivity contribution in [3.8, 4) is 5.75 Å². The number of alkyl halides is 1. The summed E-state index contributed by atoms with van der Waals surface area (Å²) in [6, 6.07) is 7.41. The van der Waals surface area contributed by atoms with Gasteiger partial charge in [-0.3, -0.25) is 4.79 Å². The molecule has 0 aliphatic rings. The molecule has 0 radical (unpaired) electrons. The largest absolute Gasteiger partial charge is 0.490 e. The highest BCUT2D eigenvalue weighted by molar-refractivity contribution is 9.09. The second-order valence-electron chi connectivity index (χ2n) is 5.17. The van der Waals surface area contributed by atoms with E-state index in [1.165, 1.54) is 0 Å². The van der Waals surface area contributed by atoms with Crippen molar-refractivity contribution in [2.24, 2.45) is 5.92 Å². The van der Waals surface area contributed by atoms with Gasteiger partial charge in [0.05, 0.1) is 0 Å². The third-order valence-corrected chi connectivity index (χ3v) is 3.34. The molecule has 1 rings (SSSR count). The van der Waals surface area contributed by atoms with Crippen LogP contribution < -0.4 is 4.74 Å². The van der Waals surface area contributed by atoms with Crippen LogP contribution in [-0.2, 0) is 0 Å². The van der Waals surface area contributed by atoms with Crippen LogP contribution in [0, 0.1) is 5.92 Å². The third-order valence-electron chi connectivity index (χ3n) is 2.96. The second-order valence-corrected chi connectivity index (χ2v) is 5.82. The number of allylic oxidation sites excluding steroid dienone is 1. The summed E-state index contributed by atoms with van der Waals surface area (Å²) >= 11 is 3.31. The molecule has 0 aromatic heterocycles. The van der Waals surface area contributed by atoms with Crippen molar-refractivity contribution in [3.05, 3.63) is 42.0 Å². The lowest BCUT2D eigenvalue weighted by molar-refractivity contribution is 0.0978. The SMILES string of the molecule is CC(C)CCCC(=O)c1ccc(OCC=CCBr)cc1. The number of ether oxygens (including phenoxy) is 1. The van der Waals surface area contributed by atoms with E-state index in [1.807, 2.05) is 36.4 Å². The molecule has 0 saturated carbocycles. The standard InChI is InChI=1S/C17H23BrO2/c1-14(2)6-5-7-17(19)15-8-10-16(11-9-15)20-13-4-3-12-18/h3-4,8-11,14H,5-7,12-13H2,1-2H3. The van der Waals surface area contributed by atoms with Gasteiger partial charge in [0.25, 0.3) is 0 Å². The molecular weight excluding hydrogens is 316 g/mol. The fourth-order valence-corrected chi connectivity index (χ4v) is 2.09. The molecule has 3 heteroatoms. The van der Waals surface area contributed by atoms with Crippen molar-refractivity contribution in [1.82, 2.24) is 0 Å². The van der Waals surface area contributed by atoms with Gasteiger partial charge in [0.15, 0.2) is 5.78 Å². The number of carbonyl (C=O) groups is 1. The molecular formula is C17H23BrO2. The third kappa shape index (κ3) is 6.90. The topological polar surface area (TPSA) is 26.3 Å². The summed E-state index contributed by atoms with van der Waals surface area (Å²) in [5, 5.41) is 0.834. The van der Waals surface area contributed by atoms with Crippen LogP contribution in [0.3, 0.4) is 0 Å². The van der Waals surface area contributed by atoms with Crippen molar-refractivity contribution in [3.63, 3.8) is 0 Å². The van der Waals surface area contributed by atoms with Crippen molar-refractivity contribution in [1.29, 1.82) is 0 Å². The molecule has 1 aromatic carbocycles. The summed E-state index contributed by atoms with van der Waals surface area (Å²) in [5.74, 6) is 1.67. The van der Waals surface area contributed by atoms with Crippen LogP contribution in [0.2, 0.25) is 0 Å². The Morgan fingerprint density at radius 3 is 2.55 bits per heavy atom. The van der Waals surface area contributed by atoms with Gasteiger partial charge in [-0.15, -0.1) is 0 Å². The summed E-state index contributed by atoms with van der Waals surface area (Å²) in [6.45, 7) is 4.91. The van der Waals surface area contributed by atoms with E-state index >= 15 is 0 Å². The van der Waals surface area contributed by atoms with Crippen LogP contribution in [0.15, 0.2) is 36.4 Å². The van der Waals surface area contributed by atoms with E-state index in [4.69, 9.17) is 4.74 Å². The number of rotatable bonds is 9. The fraction of sp³-hybridized carbons (Fsp3) is 0.471. The zero-order valence-electron chi connectivity index (χ0n) is 12.3. The fourth-order valence-electron chi connectivity index (χ4n) is 1.83. The zero-order valence-corrected chi connectivity index (χ0v) is 13.9. The summed E-state index contributed by atoms with van der Waals surface area (Å²) < 4.78 is 5.54. The van der Waals surface area contributed by atoms with E-state index in [1.54, 1.807) is 0 Å². The minimum Gasteiger partial charge on any atom is -0.490 e. The highest BCUT2D eigenvalue weighted by atomic mass is 79.9. The minimum absolute atomic E-state index is 0.219. The predicted octanol–water partition coefficient (Wildman–Crippen LogP) is 5.03. The molecule has 0 saturated heterocycles. The van der Waals surface area contributed by atoms with Gasteiger partial charge in [-0.05, 0) is 36.6 Å². The van der Waals surface area contributed by atoms with Crippen molar-refractivity contribution >= 4 is 21.7 Å². The molecule has 0 bridgehead atoms. The van der Waals surface area contributed by atoms with Gasteiger partial charge >= 0.3 is 0 Å². The monoisotopic (exact) mass is 338 g/mol. The quantitative estimate of drug-likeness (QED) is 0.358. The number of hydrogen-bond donors (Lipinski definition) is 0. The number of Topliss-reactive ketones (excluding diaryl/α,β-unsaturated/α-hetero) is 1. The molecule has 0 aliphatic heterocycles. The molecule has 0 unspecified atom stereocenters. The maximum absolute atomic E-state index is 12.0. The lowest BCUT2D eigenvalue weighted by Crippen LogP contribution is -2.00. The number of hydrogen-bond acceptors (Lipinski definition) is 2. The summed E-state index contributed by atoms with van der Waals surface area (Å²) in [4.78, 5) is 12.0. The van der Waals surface area contributed by atoms with Gasteiger partial charge in [0, 0.05) is 17.3 Å². The van der Waals surface area contributed by atoms with Crippen LogP contribution in [0.25, 0.3) is 0 Å². The first-order valence-electron chi connectivity index (χ1n) is 7.10. The van der Waals surface area contributed by atoms with Gasteiger partial charge < -0.3 is 4.74 Å². The van der Waals surface area contributed by atoms with Gasteiger partial charge in [0.1, 0.15) is 12.4 Å². The smallest absolute Gasteiger partial charge is 0.162 e. The summed E-state index contributed by atoms with van der Waals surface area (Å²) in [6.07, 6.45) is 6.65. The summed E-state index contributed by atoms with van der Waals surface area (Å²) in [7, 11) is 0. The lowest BCUT2D eigenvalue weighted by atomic mass is 10.0. The van der Waals surface area contributed by atoms with Gasteiger partial charge in [-0.1, -0.05) is 48.4 Å². The highest BCUT2D eigenvalue weighted by Crippen LogP contribution is 2.15. The van der Waals surface area contributed by atoms with Gasteiger partial charge in [-0.2, -0.15) is 0 Å². The Kier molecular flexibility index (Phi) is 8.28. The molecule has 0 N–H and O–H groups in total. The van der Waals surface area contributed by atoms with Crippen LogP contribution in [0.1, 0.15) is 43.5 Å². The number of halogens is 1. The number of ketones is 1. The predicted molar refractivity (Wildman–Crippen MR) is 87.9 cm³/mol. The Morgan fingerprint density at radius 2 is 1.95 bits per heavy atom. The average molecular weight is 339 g/mol. The zero-order chi connectivity index (χ0) is 14.8. The van der Waals surface area contributed by atoms with Crippen molar-refractivity contribution in [2.45, 2.75) is 33.1 Å². The molecule has 2 nitrogen and oxygen atoms in total. The molecule has 0 heterocycles. The first-order chi connectivity index (χ1) is 9.63. The second kappa shape index (κ2) is 9.76. The molecule has 0 atom stereocenters. The van der Waals surface area contributed by atoms with Crippen molar-refractivity contribution < 1.29 is 9.53 Å². The molecule has 0 fully saturated rings. The van der Waals surface area contributed by atoms with Gasteiger partial charge in [-0.25, -0.2) is 0 Å². The Hall–Kier alpha value is -1.09. The van der Waals surface area contributed by atoms with E-state index in [2.05, 4.69) is 29.8 Å². The van der Waals surface area contributed by atoms with Crippen molar-refractivity contribution in [2.75, 3.05) is 11.9 Å². The summed E-state index contributed by atoms with van der Waals surface area (Å²) in [5.41, 5.74) is 0.775. The lowest BCUT2D eigenvalue weighted by Gasteiger charge is -2.06. The molecule has 20 heavy (non-hydrogen) atoms. The Morgan fingerprint density at radius 1 is 1.25 bits per heavy atom. The van der Waals surface area contributed by atoms with Crippen LogP contribution in [0.4, 0.5) is 0 Å². The number of benzene rings is 1. The highest BCUT2D eigenvalue weighted by Gasteiger charge is 2.06. The van der Waals surface area contributed by atoms with Crippen LogP contribution in [-0.4, -0.2) is 17.7 Å². The van der Waals surface area contributed by atoms with E-state index in [9.17, 15) is 4.79 Å². The average Bonchev–Trinajstić information content (AvgIpc) is 2.44. The Bertz CT molecular complexity index is 421. The molecule has 1 aromatic rings. The van der Waals surface area contributed by atoms with E-state index in [0.29, 0.717) is 18.9 Å². The molecule has 110 valence electrons. The van der Waals surface area contributed by atoms with E-state index in [0.717, 1.165) is 29.5 Å². The first-order valence-corrected chi connectivity index (χ1v) is 8.22. The molecule has 0 spiro atoms. The Labute approximate surface area is 130 Å². The van der Waals surface area contributed by atoms with Gasteiger partial charge in [0.2, 0.25) is 0 Å². The normalized spacial score (nSPS) is 11.2. The van der Waals surface area contributed by atoms with E-state index in [-0.39, 0.29) is 5.78 Å². The number of carbonyl (C=O) groups excluding carboxylic acids is 1. The molecule has 0 aliphatic carbocycles. The van der Waals surface area contributed by atoms with Crippen LogP contribution >= 0.6 is 15.9 Å². The van der Waals surface area contributed by atoms with Crippen LogP contribution in [0.5, 0.6) is 5.75 Å². The maximum Gasteiger partial charge on any atom is 0.162 e. The maximum atomic E-state index is 12.0.